The highest BCUT2D eigenvalue weighted by Crippen LogP contribution is 2.24. The van der Waals surface area contributed by atoms with Crippen molar-refractivity contribution in [2.45, 2.75) is 31.6 Å². The summed E-state index contributed by atoms with van der Waals surface area (Å²) in [6.45, 7) is 7.34. The predicted octanol–water partition coefficient (Wildman–Crippen LogP) is 4.04. The number of aryl methyl sites for hydroxylation is 1. The van der Waals surface area contributed by atoms with Crippen LogP contribution in [0.1, 0.15) is 34.7 Å². The molecule has 10 nitrogen and oxygen atoms in total. The number of amides is 2. The first-order valence-corrected chi connectivity index (χ1v) is 11.5. The zero-order chi connectivity index (χ0) is 25.5. The highest BCUT2D eigenvalue weighted by atomic mass is 32.2. The number of hydrogen-bond donors (Lipinski definition) is 2. The highest BCUT2D eigenvalue weighted by molar-refractivity contribution is 7.99. The molecule has 0 spiro atoms. The average Bonchev–Trinajstić information content (AvgIpc) is 3.22. The number of nitrogens with one attached hydrogen (secondary N) is 2. The number of rotatable bonds is 10. The molecule has 1 heterocycles. The minimum atomic E-state index is -0.633. The molecule has 0 radical (unpaired) electrons. The summed E-state index contributed by atoms with van der Waals surface area (Å²) in [6.07, 6.45) is 1.62. The number of nitrogens with zero attached hydrogens (tertiary/aromatic N) is 4. The van der Waals surface area contributed by atoms with E-state index in [1.807, 2.05) is 0 Å². The van der Waals surface area contributed by atoms with Gasteiger partial charge in [0.2, 0.25) is 5.91 Å². The van der Waals surface area contributed by atoms with Crippen LogP contribution in [0.25, 0.3) is 0 Å². The van der Waals surface area contributed by atoms with Crippen molar-refractivity contribution >= 4 is 35.0 Å². The lowest BCUT2D eigenvalue weighted by Gasteiger charge is -2.15. The molecule has 12 heteroatoms. The number of allylic oxidation sites excluding steroid dienone is 1. The Morgan fingerprint density at radius 2 is 2.03 bits per heavy atom. The molecule has 35 heavy (non-hydrogen) atoms. The Bertz CT molecular complexity index is 1280. The van der Waals surface area contributed by atoms with E-state index in [0.29, 0.717) is 28.8 Å². The minimum absolute atomic E-state index is 0.0348. The molecule has 182 valence electrons. The smallest absolute Gasteiger partial charge is 0.274 e. The fourth-order valence-corrected chi connectivity index (χ4v) is 3.98. The first-order valence-electron chi connectivity index (χ1n) is 10.5. The van der Waals surface area contributed by atoms with Crippen LogP contribution >= 0.6 is 11.8 Å². The van der Waals surface area contributed by atoms with E-state index < -0.39 is 22.7 Å². The van der Waals surface area contributed by atoms with E-state index in [1.54, 1.807) is 42.7 Å². The number of halogens is 1. The van der Waals surface area contributed by atoms with Crippen molar-refractivity contribution in [1.82, 2.24) is 20.1 Å². The van der Waals surface area contributed by atoms with E-state index in [0.717, 1.165) is 11.8 Å². The number of anilines is 1. The fourth-order valence-electron chi connectivity index (χ4n) is 3.22. The maximum atomic E-state index is 13.9. The highest BCUT2D eigenvalue weighted by Gasteiger charge is 2.22. The van der Waals surface area contributed by atoms with Gasteiger partial charge >= 0.3 is 0 Å². The summed E-state index contributed by atoms with van der Waals surface area (Å²) < 4.78 is 15.6. The molecule has 0 unspecified atom stereocenters. The Morgan fingerprint density at radius 1 is 1.29 bits per heavy atom. The Labute approximate surface area is 204 Å². The number of benzene rings is 2. The molecule has 3 rings (SSSR count). The standard InChI is InChI=1S/C23H23FN6O4S/c1-4-11-29-21(15(3)25-22(32)17-7-5-6-8-18(17)24)27-28-23(29)35-13-20(31)26-16-10-9-14(2)19(12-16)30(33)34/h4-10,12,15H,1,11,13H2,2-3H3,(H,25,32)(H,26,31)/t15-/m0/s1. The predicted molar refractivity (Wildman–Crippen MR) is 130 cm³/mol. The number of hydrogen-bond acceptors (Lipinski definition) is 7. The second-order valence-electron chi connectivity index (χ2n) is 7.51. The van der Waals surface area contributed by atoms with Crippen LogP contribution in [0.15, 0.2) is 60.3 Å². The molecular formula is C23H23FN6O4S. The molecule has 3 aromatic rings. The van der Waals surface area contributed by atoms with Crippen molar-refractivity contribution in [2.24, 2.45) is 0 Å². The van der Waals surface area contributed by atoms with E-state index in [1.165, 1.54) is 24.3 Å². The van der Waals surface area contributed by atoms with Crippen LogP contribution in [0.3, 0.4) is 0 Å². The van der Waals surface area contributed by atoms with Gasteiger partial charge in [-0.3, -0.25) is 19.7 Å². The van der Waals surface area contributed by atoms with E-state index >= 15 is 0 Å². The Balaban J connectivity index is 1.68. The molecule has 0 bridgehead atoms. The molecule has 0 saturated carbocycles. The molecule has 2 amide bonds. The summed E-state index contributed by atoms with van der Waals surface area (Å²) >= 11 is 1.11. The third-order valence-corrected chi connectivity index (χ3v) is 5.90. The fraction of sp³-hybridized carbons (Fsp3) is 0.217. The van der Waals surface area contributed by atoms with E-state index in [-0.39, 0.29) is 22.9 Å². The molecule has 1 atom stereocenters. The monoisotopic (exact) mass is 498 g/mol. The number of nitro benzene ring substituents is 1. The van der Waals surface area contributed by atoms with Crippen molar-refractivity contribution in [3.63, 3.8) is 0 Å². The zero-order valence-corrected chi connectivity index (χ0v) is 19.8. The number of thioether (sulfide) groups is 1. The maximum Gasteiger partial charge on any atom is 0.274 e. The van der Waals surface area contributed by atoms with Crippen LogP contribution in [-0.4, -0.2) is 37.3 Å². The molecule has 1 aromatic heterocycles. The molecule has 0 saturated heterocycles. The van der Waals surface area contributed by atoms with E-state index in [2.05, 4.69) is 27.4 Å². The molecule has 2 aromatic carbocycles. The lowest BCUT2D eigenvalue weighted by Crippen LogP contribution is -2.29. The first-order chi connectivity index (χ1) is 16.7. The van der Waals surface area contributed by atoms with Gasteiger partial charge in [0.15, 0.2) is 11.0 Å². The van der Waals surface area contributed by atoms with Gasteiger partial charge in [0.25, 0.3) is 11.6 Å². The van der Waals surface area contributed by atoms with Crippen molar-refractivity contribution in [3.05, 3.63) is 88.0 Å². The van der Waals surface area contributed by atoms with Gasteiger partial charge in [-0.25, -0.2) is 4.39 Å². The van der Waals surface area contributed by atoms with Crippen molar-refractivity contribution in [3.8, 4) is 0 Å². The maximum absolute atomic E-state index is 13.9. The Morgan fingerprint density at radius 3 is 2.71 bits per heavy atom. The third kappa shape index (κ3) is 6.29. The number of carbonyl (C=O) groups excluding carboxylic acids is 2. The lowest BCUT2D eigenvalue weighted by molar-refractivity contribution is -0.385. The van der Waals surface area contributed by atoms with Gasteiger partial charge in [-0.2, -0.15) is 0 Å². The largest absolute Gasteiger partial charge is 0.342 e. The van der Waals surface area contributed by atoms with Gasteiger partial charge < -0.3 is 15.2 Å². The summed E-state index contributed by atoms with van der Waals surface area (Å²) in [7, 11) is 0. The molecule has 2 N–H and O–H groups in total. The van der Waals surface area contributed by atoms with E-state index in [9.17, 15) is 24.1 Å². The normalized spacial score (nSPS) is 11.5. The molecule has 0 aliphatic rings. The van der Waals surface area contributed by atoms with Crippen molar-refractivity contribution in [2.75, 3.05) is 11.1 Å². The zero-order valence-electron chi connectivity index (χ0n) is 19.0. The van der Waals surface area contributed by atoms with Gasteiger partial charge in [0.05, 0.1) is 22.3 Å². The Kier molecular flexibility index (Phi) is 8.31. The van der Waals surface area contributed by atoms with E-state index in [4.69, 9.17) is 0 Å². The molecule has 0 aliphatic carbocycles. The summed E-state index contributed by atoms with van der Waals surface area (Å²) in [4.78, 5) is 35.5. The quantitative estimate of drug-likeness (QED) is 0.187. The lowest BCUT2D eigenvalue weighted by atomic mass is 10.2. The average molecular weight is 499 g/mol. The second-order valence-corrected chi connectivity index (χ2v) is 8.45. The molecular weight excluding hydrogens is 475 g/mol. The summed E-state index contributed by atoms with van der Waals surface area (Å²) in [5.41, 5.74) is 0.628. The van der Waals surface area contributed by atoms with Gasteiger partial charge in [0, 0.05) is 23.9 Å². The summed E-state index contributed by atoms with van der Waals surface area (Å²) in [6, 6.07) is 9.49. The second kappa shape index (κ2) is 11.4. The minimum Gasteiger partial charge on any atom is -0.342 e. The third-order valence-electron chi connectivity index (χ3n) is 4.93. The molecule has 0 fully saturated rings. The van der Waals surface area contributed by atoms with Crippen LogP contribution < -0.4 is 10.6 Å². The SMILES string of the molecule is C=CCn1c(SCC(=O)Nc2ccc(C)c([N+](=O)[O-])c2)nnc1[C@H](C)NC(=O)c1ccccc1F. The van der Waals surface area contributed by atoms with Gasteiger partial charge in [-0.05, 0) is 32.0 Å². The van der Waals surface area contributed by atoms with Crippen molar-refractivity contribution < 1.29 is 18.9 Å². The number of carbonyl (C=O) groups is 2. The Hall–Kier alpha value is -4.06. The summed E-state index contributed by atoms with van der Waals surface area (Å²) in [5, 5.41) is 25.1. The van der Waals surface area contributed by atoms with Crippen molar-refractivity contribution in [1.29, 1.82) is 0 Å². The van der Waals surface area contributed by atoms with Crippen LogP contribution in [-0.2, 0) is 11.3 Å². The van der Waals surface area contributed by atoms with Crippen LogP contribution in [0.5, 0.6) is 0 Å². The van der Waals surface area contributed by atoms with Gasteiger partial charge in [0.1, 0.15) is 5.82 Å². The molecule has 0 aliphatic heterocycles. The van der Waals surface area contributed by atoms with Crippen LogP contribution in [0.4, 0.5) is 15.8 Å². The topological polar surface area (TPSA) is 132 Å². The number of aromatic nitrogens is 3. The first kappa shape index (κ1) is 25.6. The van der Waals surface area contributed by atoms with Gasteiger partial charge in [-0.1, -0.05) is 36.0 Å². The van der Waals surface area contributed by atoms with Gasteiger partial charge in [-0.15, -0.1) is 16.8 Å². The van der Waals surface area contributed by atoms with Crippen LogP contribution in [0.2, 0.25) is 0 Å². The van der Waals surface area contributed by atoms with Crippen LogP contribution in [0, 0.1) is 22.9 Å². The number of nitro groups is 1. The summed E-state index contributed by atoms with van der Waals surface area (Å²) in [5.74, 6) is -1.24.